The zero-order valence-corrected chi connectivity index (χ0v) is 9.79. The van der Waals surface area contributed by atoms with Crippen LogP contribution in [-0.4, -0.2) is 25.6 Å². The van der Waals surface area contributed by atoms with Crippen LogP contribution in [-0.2, 0) is 0 Å². The van der Waals surface area contributed by atoms with E-state index in [4.69, 9.17) is 14.2 Å². The van der Waals surface area contributed by atoms with E-state index in [-0.39, 0.29) is 5.78 Å². The summed E-state index contributed by atoms with van der Waals surface area (Å²) in [7, 11) is 3.09. The number of hydrogen-bond donors (Lipinski definition) is 0. The summed E-state index contributed by atoms with van der Waals surface area (Å²) < 4.78 is 15.9. The number of ketones is 1. The lowest BCUT2D eigenvalue weighted by Crippen LogP contribution is -2.31. The molecular formula is C12H14O4. The van der Waals surface area contributed by atoms with Gasteiger partial charge in [0.15, 0.2) is 17.1 Å². The molecule has 4 nitrogen and oxygen atoms in total. The predicted octanol–water partition coefficient (Wildman–Crippen LogP) is 2.06. The Balaban J connectivity index is 2.56. The third kappa shape index (κ3) is 1.41. The number of carbonyl (C=O) groups is 1. The minimum atomic E-state index is -0.806. The molecule has 0 saturated carbocycles. The van der Waals surface area contributed by atoms with Gasteiger partial charge in [-0.3, -0.25) is 4.79 Å². The van der Waals surface area contributed by atoms with Crippen LogP contribution in [0.25, 0.3) is 0 Å². The third-order valence-electron chi connectivity index (χ3n) is 2.64. The van der Waals surface area contributed by atoms with Crippen molar-refractivity contribution >= 4 is 5.78 Å². The fraction of sp³-hybridized carbons (Fsp3) is 0.417. The average Bonchev–Trinajstić information content (AvgIpc) is 2.48. The third-order valence-corrected chi connectivity index (χ3v) is 2.64. The predicted molar refractivity (Wildman–Crippen MR) is 58.6 cm³/mol. The van der Waals surface area contributed by atoms with Crippen LogP contribution >= 0.6 is 0 Å². The molecule has 0 unspecified atom stereocenters. The number of ether oxygens (including phenoxy) is 3. The zero-order chi connectivity index (χ0) is 11.9. The molecule has 4 heteroatoms. The Morgan fingerprint density at radius 2 is 1.69 bits per heavy atom. The van der Waals surface area contributed by atoms with Gasteiger partial charge < -0.3 is 14.2 Å². The monoisotopic (exact) mass is 222 g/mol. The van der Waals surface area contributed by atoms with Crippen molar-refractivity contribution in [2.75, 3.05) is 14.2 Å². The summed E-state index contributed by atoms with van der Waals surface area (Å²) in [6, 6.07) is 3.34. The molecule has 1 heterocycles. The van der Waals surface area contributed by atoms with Gasteiger partial charge >= 0.3 is 0 Å². The van der Waals surface area contributed by atoms with Crippen LogP contribution in [0.1, 0.15) is 24.2 Å². The molecule has 0 atom stereocenters. The van der Waals surface area contributed by atoms with E-state index < -0.39 is 5.60 Å². The Kier molecular flexibility index (Phi) is 2.30. The Labute approximate surface area is 94.1 Å². The van der Waals surface area contributed by atoms with Gasteiger partial charge in [-0.2, -0.15) is 0 Å². The molecule has 0 bridgehead atoms. The van der Waals surface area contributed by atoms with E-state index in [2.05, 4.69) is 0 Å². The van der Waals surface area contributed by atoms with Crippen LogP contribution in [0.2, 0.25) is 0 Å². The summed E-state index contributed by atoms with van der Waals surface area (Å²) in [5, 5.41) is 0. The summed E-state index contributed by atoms with van der Waals surface area (Å²) in [6.45, 7) is 3.49. The average molecular weight is 222 g/mol. The van der Waals surface area contributed by atoms with Gasteiger partial charge in [0, 0.05) is 6.07 Å². The molecule has 0 spiro atoms. The van der Waals surface area contributed by atoms with Crippen molar-refractivity contribution in [3.63, 3.8) is 0 Å². The highest BCUT2D eigenvalue weighted by molar-refractivity contribution is 6.07. The number of benzene rings is 1. The second kappa shape index (κ2) is 3.40. The molecule has 1 aromatic rings. The van der Waals surface area contributed by atoms with Crippen molar-refractivity contribution in [1.29, 1.82) is 0 Å². The number of carbonyl (C=O) groups excluding carboxylic acids is 1. The van der Waals surface area contributed by atoms with Crippen molar-refractivity contribution in [1.82, 2.24) is 0 Å². The van der Waals surface area contributed by atoms with Crippen molar-refractivity contribution in [2.45, 2.75) is 19.4 Å². The van der Waals surface area contributed by atoms with Crippen LogP contribution in [0.4, 0.5) is 0 Å². The number of rotatable bonds is 2. The largest absolute Gasteiger partial charge is 0.493 e. The molecule has 1 aromatic carbocycles. The lowest BCUT2D eigenvalue weighted by molar-refractivity contribution is 0.0684. The lowest BCUT2D eigenvalue weighted by Gasteiger charge is -2.15. The van der Waals surface area contributed by atoms with E-state index in [1.54, 1.807) is 33.1 Å². The molecule has 1 aliphatic heterocycles. The standard InChI is InChI=1S/C12H14O4/c1-12(2)11(13)7-5-9(14-3)10(15-4)6-8(7)16-12/h5-6H,1-4H3. The fourth-order valence-electron chi connectivity index (χ4n) is 1.77. The highest BCUT2D eigenvalue weighted by Gasteiger charge is 2.40. The lowest BCUT2D eigenvalue weighted by atomic mass is 9.99. The first-order valence-corrected chi connectivity index (χ1v) is 4.99. The van der Waals surface area contributed by atoms with E-state index >= 15 is 0 Å². The van der Waals surface area contributed by atoms with Crippen LogP contribution in [0.5, 0.6) is 17.2 Å². The molecule has 1 aliphatic rings. The van der Waals surface area contributed by atoms with E-state index in [0.29, 0.717) is 22.8 Å². The van der Waals surface area contributed by atoms with Gasteiger partial charge in [-0.1, -0.05) is 0 Å². The quantitative estimate of drug-likeness (QED) is 0.768. The molecule has 0 saturated heterocycles. The molecule has 86 valence electrons. The van der Waals surface area contributed by atoms with Crippen molar-refractivity contribution < 1.29 is 19.0 Å². The van der Waals surface area contributed by atoms with Gasteiger partial charge in [0.25, 0.3) is 0 Å². The molecular weight excluding hydrogens is 208 g/mol. The summed E-state index contributed by atoms with van der Waals surface area (Å²) in [5.74, 6) is 1.61. The molecule has 16 heavy (non-hydrogen) atoms. The number of fused-ring (bicyclic) bond motifs is 1. The van der Waals surface area contributed by atoms with Crippen molar-refractivity contribution in [2.24, 2.45) is 0 Å². The SMILES string of the molecule is COc1cc2c(cc1OC)C(=O)C(C)(C)O2. The topological polar surface area (TPSA) is 44.8 Å². The van der Waals surface area contributed by atoms with Gasteiger partial charge in [-0.05, 0) is 19.9 Å². The summed E-state index contributed by atoms with van der Waals surface area (Å²) in [5.41, 5.74) is -0.262. The van der Waals surface area contributed by atoms with Crippen LogP contribution < -0.4 is 14.2 Å². The zero-order valence-electron chi connectivity index (χ0n) is 9.79. The normalized spacial score (nSPS) is 16.6. The Bertz CT molecular complexity index is 449. The Morgan fingerprint density at radius 1 is 1.12 bits per heavy atom. The first-order chi connectivity index (χ1) is 7.49. The second-order valence-corrected chi connectivity index (χ2v) is 4.14. The molecule has 0 amide bonds. The van der Waals surface area contributed by atoms with E-state index in [1.165, 1.54) is 7.11 Å². The van der Waals surface area contributed by atoms with E-state index in [1.807, 2.05) is 0 Å². The number of Topliss-reactive ketones (excluding diaryl/α,β-unsaturated/α-hetero) is 1. The molecule has 0 N–H and O–H groups in total. The maximum Gasteiger partial charge on any atom is 0.209 e. The van der Waals surface area contributed by atoms with Gasteiger partial charge in [0.1, 0.15) is 5.75 Å². The van der Waals surface area contributed by atoms with Crippen LogP contribution in [0.3, 0.4) is 0 Å². The Morgan fingerprint density at radius 3 is 2.25 bits per heavy atom. The summed E-state index contributed by atoms with van der Waals surface area (Å²) >= 11 is 0. The van der Waals surface area contributed by atoms with Crippen LogP contribution in [0.15, 0.2) is 12.1 Å². The van der Waals surface area contributed by atoms with Crippen molar-refractivity contribution in [3.8, 4) is 17.2 Å². The van der Waals surface area contributed by atoms with Gasteiger partial charge in [0.05, 0.1) is 19.8 Å². The van der Waals surface area contributed by atoms with Crippen molar-refractivity contribution in [3.05, 3.63) is 17.7 Å². The summed E-state index contributed by atoms with van der Waals surface area (Å²) in [6.07, 6.45) is 0. The minimum absolute atomic E-state index is 0.0385. The molecule has 2 rings (SSSR count). The Hall–Kier alpha value is -1.71. The van der Waals surface area contributed by atoms with Gasteiger partial charge in [-0.25, -0.2) is 0 Å². The highest BCUT2D eigenvalue weighted by atomic mass is 16.5. The minimum Gasteiger partial charge on any atom is -0.493 e. The number of methoxy groups -OCH3 is 2. The van der Waals surface area contributed by atoms with Crippen LogP contribution in [0, 0.1) is 0 Å². The first-order valence-electron chi connectivity index (χ1n) is 4.99. The fourth-order valence-corrected chi connectivity index (χ4v) is 1.77. The van der Waals surface area contributed by atoms with Gasteiger partial charge in [-0.15, -0.1) is 0 Å². The molecule has 0 fully saturated rings. The molecule has 0 aromatic heterocycles. The maximum absolute atomic E-state index is 12.0. The number of hydrogen-bond acceptors (Lipinski definition) is 4. The van der Waals surface area contributed by atoms with Gasteiger partial charge in [0.2, 0.25) is 5.78 Å². The molecule has 0 radical (unpaired) electrons. The van der Waals surface area contributed by atoms with E-state index in [0.717, 1.165) is 0 Å². The second-order valence-electron chi connectivity index (χ2n) is 4.14. The summed E-state index contributed by atoms with van der Waals surface area (Å²) in [4.78, 5) is 12.0. The smallest absolute Gasteiger partial charge is 0.209 e. The van der Waals surface area contributed by atoms with E-state index in [9.17, 15) is 4.79 Å². The molecule has 0 aliphatic carbocycles. The first kappa shape index (κ1) is 10.8. The highest BCUT2D eigenvalue weighted by Crippen LogP contribution is 2.41. The maximum atomic E-state index is 12.0.